The molecule has 5 aromatic rings. The van der Waals surface area contributed by atoms with Crippen LogP contribution in [0, 0.1) is 6.92 Å². The molecular formula is C26H22N4O2S2. The maximum absolute atomic E-state index is 13.3. The number of fused-ring (bicyclic) bond motifs is 1. The molecule has 0 aliphatic carbocycles. The molecule has 0 spiro atoms. The van der Waals surface area contributed by atoms with Gasteiger partial charge in [0.05, 0.1) is 23.2 Å². The van der Waals surface area contributed by atoms with Crippen LogP contribution >= 0.6 is 23.5 Å². The summed E-state index contributed by atoms with van der Waals surface area (Å²) in [6.07, 6.45) is 2.04. The number of hydrogen-bond acceptors (Lipinski definition) is 7. The molecule has 0 N–H and O–H groups in total. The van der Waals surface area contributed by atoms with Crippen molar-refractivity contribution in [1.29, 1.82) is 0 Å². The van der Waals surface area contributed by atoms with Gasteiger partial charge in [-0.2, -0.15) is 4.98 Å². The second-order valence-electron chi connectivity index (χ2n) is 7.82. The number of aryl methyl sites for hydroxylation is 1. The Bertz CT molecular complexity index is 1490. The Kier molecular flexibility index (Phi) is 6.51. The zero-order chi connectivity index (χ0) is 23.5. The monoisotopic (exact) mass is 486 g/mol. The van der Waals surface area contributed by atoms with E-state index >= 15 is 0 Å². The largest absolute Gasteiger partial charge is 0.338 e. The molecule has 0 saturated heterocycles. The van der Waals surface area contributed by atoms with Gasteiger partial charge >= 0.3 is 0 Å². The lowest BCUT2D eigenvalue weighted by molar-refractivity contribution is 0.391. The standard InChI is InChI=1S/C26H22N4O2S2/c1-17-7-9-18(10-8-17)15-30-25(31)21-5-3-4-6-22(21)27-26(30)34-16-23-28-24(29-32-23)19-11-13-20(33-2)14-12-19/h3-14H,15-16H2,1-2H3. The molecule has 34 heavy (non-hydrogen) atoms. The van der Waals surface area contributed by atoms with Crippen molar-refractivity contribution in [3.8, 4) is 11.4 Å². The highest BCUT2D eigenvalue weighted by Crippen LogP contribution is 2.25. The van der Waals surface area contributed by atoms with Crippen LogP contribution in [0.1, 0.15) is 17.0 Å². The summed E-state index contributed by atoms with van der Waals surface area (Å²) < 4.78 is 7.20. The fourth-order valence-electron chi connectivity index (χ4n) is 3.57. The molecule has 2 aromatic heterocycles. The first-order chi connectivity index (χ1) is 16.6. The van der Waals surface area contributed by atoms with Gasteiger partial charge in [-0.05, 0) is 55.1 Å². The van der Waals surface area contributed by atoms with Gasteiger partial charge in [0, 0.05) is 10.5 Å². The molecule has 0 bridgehead atoms. The molecule has 2 heterocycles. The lowest BCUT2D eigenvalue weighted by atomic mass is 10.1. The van der Waals surface area contributed by atoms with Crippen molar-refractivity contribution in [2.75, 3.05) is 6.26 Å². The second kappa shape index (κ2) is 9.87. The Morgan fingerprint density at radius 1 is 0.941 bits per heavy atom. The van der Waals surface area contributed by atoms with Crippen LogP contribution in [0.15, 0.2) is 92.2 Å². The highest BCUT2D eigenvalue weighted by molar-refractivity contribution is 7.98. The highest BCUT2D eigenvalue weighted by atomic mass is 32.2. The summed E-state index contributed by atoms with van der Waals surface area (Å²) in [5.41, 5.74) is 3.74. The van der Waals surface area contributed by atoms with Gasteiger partial charge in [-0.15, -0.1) is 11.8 Å². The smallest absolute Gasteiger partial charge is 0.262 e. The van der Waals surface area contributed by atoms with Gasteiger partial charge in [0.25, 0.3) is 5.56 Å². The Morgan fingerprint density at radius 2 is 1.71 bits per heavy atom. The molecule has 0 fully saturated rings. The van der Waals surface area contributed by atoms with E-state index in [9.17, 15) is 4.79 Å². The quantitative estimate of drug-likeness (QED) is 0.212. The van der Waals surface area contributed by atoms with E-state index in [1.54, 1.807) is 16.3 Å². The number of aromatic nitrogens is 4. The predicted octanol–water partition coefficient (Wildman–Crippen LogP) is 5.82. The summed E-state index contributed by atoms with van der Waals surface area (Å²) >= 11 is 3.10. The second-order valence-corrected chi connectivity index (χ2v) is 9.64. The number of nitrogens with zero attached hydrogens (tertiary/aromatic N) is 4. The first-order valence-electron chi connectivity index (χ1n) is 10.8. The predicted molar refractivity (Wildman–Crippen MR) is 137 cm³/mol. The Hall–Kier alpha value is -3.36. The van der Waals surface area contributed by atoms with Gasteiger partial charge in [-0.25, -0.2) is 4.98 Å². The lowest BCUT2D eigenvalue weighted by Crippen LogP contribution is -2.24. The third-order valence-corrected chi connectivity index (χ3v) is 7.13. The number of para-hydroxylation sites is 1. The van der Waals surface area contributed by atoms with Crippen LogP contribution in [0.3, 0.4) is 0 Å². The third kappa shape index (κ3) is 4.78. The summed E-state index contributed by atoms with van der Waals surface area (Å²) in [4.78, 5) is 23.8. The molecule has 0 unspecified atom stereocenters. The van der Waals surface area contributed by atoms with Crippen molar-refractivity contribution in [1.82, 2.24) is 19.7 Å². The summed E-state index contributed by atoms with van der Waals surface area (Å²) in [6.45, 7) is 2.49. The molecule has 0 atom stereocenters. The number of thioether (sulfide) groups is 2. The summed E-state index contributed by atoms with van der Waals surface area (Å²) in [5.74, 6) is 1.44. The van der Waals surface area contributed by atoms with E-state index in [0.29, 0.717) is 40.1 Å². The van der Waals surface area contributed by atoms with Crippen LogP contribution in [0.25, 0.3) is 22.3 Å². The minimum Gasteiger partial charge on any atom is -0.338 e. The molecule has 3 aromatic carbocycles. The average Bonchev–Trinajstić information content (AvgIpc) is 3.35. The maximum atomic E-state index is 13.3. The summed E-state index contributed by atoms with van der Waals surface area (Å²) in [7, 11) is 0. The van der Waals surface area contributed by atoms with Crippen LogP contribution in [0.5, 0.6) is 0 Å². The molecule has 5 rings (SSSR count). The van der Waals surface area contributed by atoms with E-state index in [1.165, 1.54) is 22.2 Å². The van der Waals surface area contributed by atoms with Crippen LogP contribution in [-0.4, -0.2) is 25.9 Å². The minimum atomic E-state index is -0.0613. The van der Waals surface area contributed by atoms with Gasteiger partial charge in [-0.3, -0.25) is 9.36 Å². The molecular weight excluding hydrogens is 464 g/mol. The summed E-state index contributed by atoms with van der Waals surface area (Å²) in [5, 5.41) is 5.35. The molecule has 0 amide bonds. The maximum Gasteiger partial charge on any atom is 0.262 e. The van der Waals surface area contributed by atoms with E-state index in [4.69, 9.17) is 9.51 Å². The average molecular weight is 487 g/mol. The van der Waals surface area contributed by atoms with Crippen LogP contribution in [0.2, 0.25) is 0 Å². The van der Waals surface area contributed by atoms with Crippen molar-refractivity contribution in [2.24, 2.45) is 0 Å². The minimum absolute atomic E-state index is 0.0613. The number of benzene rings is 3. The van der Waals surface area contributed by atoms with Crippen LogP contribution in [-0.2, 0) is 12.3 Å². The van der Waals surface area contributed by atoms with Gasteiger partial charge in [-0.1, -0.05) is 58.9 Å². The van der Waals surface area contributed by atoms with Gasteiger partial charge in [0.2, 0.25) is 11.7 Å². The highest BCUT2D eigenvalue weighted by Gasteiger charge is 2.15. The number of rotatable bonds is 7. The van der Waals surface area contributed by atoms with E-state index < -0.39 is 0 Å². The molecule has 0 saturated carbocycles. The van der Waals surface area contributed by atoms with E-state index in [0.717, 1.165) is 11.1 Å². The van der Waals surface area contributed by atoms with Gasteiger partial charge < -0.3 is 4.52 Å². The molecule has 0 aliphatic heterocycles. The molecule has 170 valence electrons. The Balaban J connectivity index is 1.43. The van der Waals surface area contributed by atoms with Crippen molar-refractivity contribution in [3.63, 3.8) is 0 Å². The van der Waals surface area contributed by atoms with Crippen molar-refractivity contribution in [2.45, 2.75) is 29.3 Å². The Morgan fingerprint density at radius 3 is 2.47 bits per heavy atom. The molecule has 0 radical (unpaired) electrons. The fraction of sp³-hybridized carbons (Fsp3) is 0.154. The van der Waals surface area contributed by atoms with Crippen LogP contribution < -0.4 is 5.56 Å². The topological polar surface area (TPSA) is 73.8 Å². The van der Waals surface area contributed by atoms with Crippen molar-refractivity contribution in [3.05, 3.63) is 100 Å². The normalized spacial score (nSPS) is 11.2. The molecule has 0 aliphatic rings. The van der Waals surface area contributed by atoms with Crippen molar-refractivity contribution < 1.29 is 4.52 Å². The van der Waals surface area contributed by atoms with Gasteiger partial charge in [0.15, 0.2) is 5.16 Å². The summed E-state index contributed by atoms with van der Waals surface area (Å²) in [6, 6.07) is 23.6. The first-order valence-corrected chi connectivity index (χ1v) is 13.0. The number of hydrogen-bond donors (Lipinski definition) is 0. The zero-order valence-corrected chi connectivity index (χ0v) is 20.4. The SMILES string of the molecule is CSc1ccc(-c2noc(CSc3nc4ccccc4c(=O)n3Cc3ccc(C)cc3)n2)cc1. The zero-order valence-electron chi connectivity index (χ0n) is 18.8. The molecule has 8 heteroatoms. The molecule has 6 nitrogen and oxygen atoms in total. The van der Waals surface area contributed by atoms with Crippen molar-refractivity contribution >= 4 is 34.4 Å². The first kappa shape index (κ1) is 22.4. The van der Waals surface area contributed by atoms with E-state index in [-0.39, 0.29) is 5.56 Å². The van der Waals surface area contributed by atoms with E-state index in [2.05, 4.69) is 10.1 Å². The third-order valence-electron chi connectivity index (χ3n) is 5.43. The van der Waals surface area contributed by atoms with Crippen LogP contribution in [0.4, 0.5) is 0 Å². The fourth-order valence-corrected chi connectivity index (χ4v) is 4.81. The van der Waals surface area contributed by atoms with E-state index in [1.807, 2.05) is 86.0 Å². The van der Waals surface area contributed by atoms with Gasteiger partial charge in [0.1, 0.15) is 0 Å². The Labute approximate surface area is 205 Å². The lowest BCUT2D eigenvalue weighted by Gasteiger charge is -2.13.